The summed E-state index contributed by atoms with van der Waals surface area (Å²) in [5, 5.41) is 0. The monoisotopic (exact) mass is 253 g/mol. The molecular weight excluding hydrogens is 222 g/mol. The Labute approximate surface area is 113 Å². The van der Waals surface area contributed by atoms with E-state index >= 15 is 0 Å². The minimum Gasteiger partial charge on any atom is -0.377 e. The van der Waals surface area contributed by atoms with Gasteiger partial charge in [-0.2, -0.15) is 0 Å². The Morgan fingerprint density at radius 1 is 1.33 bits per heavy atom. The van der Waals surface area contributed by atoms with E-state index in [1.807, 2.05) is 13.2 Å². The van der Waals surface area contributed by atoms with Gasteiger partial charge in [-0.05, 0) is 50.9 Å². The van der Waals surface area contributed by atoms with E-state index in [1.165, 1.54) is 32.1 Å². The van der Waals surface area contributed by atoms with Crippen LogP contribution in [-0.4, -0.2) is 18.8 Å². The average Bonchev–Trinajstić information content (AvgIpc) is 2.39. The van der Waals surface area contributed by atoms with Gasteiger partial charge in [0, 0.05) is 13.2 Å². The van der Waals surface area contributed by atoms with Crippen molar-refractivity contribution in [3.63, 3.8) is 0 Å². The lowest BCUT2D eigenvalue weighted by molar-refractivity contribution is -0.0680. The minimum atomic E-state index is -0.0368. The van der Waals surface area contributed by atoms with Gasteiger partial charge in [0.2, 0.25) is 0 Å². The fourth-order valence-electron chi connectivity index (χ4n) is 3.07. The van der Waals surface area contributed by atoms with Crippen LogP contribution in [0.15, 0.2) is 12.7 Å². The van der Waals surface area contributed by atoms with Crippen molar-refractivity contribution < 1.29 is 4.74 Å². The number of allylic oxidation sites excluding steroid dienone is 1. The summed E-state index contributed by atoms with van der Waals surface area (Å²) in [6, 6.07) is 0.207. The fourth-order valence-corrected chi connectivity index (χ4v) is 3.07. The molecule has 2 nitrogen and oxygen atoms in total. The summed E-state index contributed by atoms with van der Waals surface area (Å²) in [4.78, 5) is 0. The van der Waals surface area contributed by atoms with Crippen LogP contribution in [0.25, 0.3) is 0 Å². The highest BCUT2D eigenvalue weighted by Gasteiger charge is 2.39. The van der Waals surface area contributed by atoms with Crippen LogP contribution in [0.4, 0.5) is 0 Å². The molecule has 0 aromatic heterocycles. The van der Waals surface area contributed by atoms with Gasteiger partial charge >= 0.3 is 0 Å². The number of rotatable bonds is 8. The number of hydrogen-bond acceptors (Lipinski definition) is 2. The quantitative estimate of drug-likeness (QED) is 0.523. The number of ether oxygens (including phenoxy) is 1. The summed E-state index contributed by atoms with van der Waals surface area (Å²) in [7, 11) is 1.84. The molecule has 0 amide bonds. The van der Waals surface area contributed by atoms with Gasteiger partial charge in [-0.15, -0.1) is 6.58 Å². The van der Waals surface area contributed by atoms with E-state index in [9.17, 15) is 0 Å². The first-order valence-electron chi connectivity index (χ1n) is 7.56. The molecule has 0 aliphatic heterocycles. The molecule has 1 fully saturated rings. The van der Waals surface area contributed by atoms with E-state index in [1.54, 1.807) is 0 Å². The van der Waals surface area contributed by atoms with Crippen molar-refractivity contribution in [3.8, 4) is 0 Å². The van der Waals surface area contributed by atoms with Crippen LogP contribution >= 0.6 is 0 Å². The van der Waals surface area contributed by atoms with Crippen molar-refractivity contribution in [1.82, 2.24) is 0 Å². The molecule has 1 saturated carbocycles. The highest BCUT2D eigenvalue weighted by molar-refractivity contribution is 4.94. The lowest BCUT2D eigenvalue weighted by Crippen LogP contribution is -2.51. The zero-order chi connectivity index (χ0) is 13.4. The lowest BCUT2D eigenvalue weighted by atomic mass is 9.74. The Morgan fingerprint density at radius 3 is 2.56 bits per heavy atom. The molecule has 1 rings (SSSR count). The zero-order valence-corrected chi connectivity index (χ0v) is 12.3. The van der Waals surface area contributed by atoms with Crippen molar-refractivity contribution in [2.45, 2.75) is 76.4 Å². The molecule has 1 unspecified atom stereocenters. The molecule has 18 heavy (non-hydrogen) atoms. The summed E-state index contributed by atoms with van der Waals surface area (Å²) in [5.41, 5.74) is 6.37. The normalized spacial score (nSPS) is 30.1. The predicted molar refractivity (Wildman–Crippen MR) is 78.6 cm³/mol. The Bertz CT molecular complexity index is 231. The van der Waals surface area contributed by atoms with Crippen LogP contribution in [0.2, 0.25) is 0 Å². The van der Waals surface area contributed by atoms with Gasteiger partial charge in [-0.3, -0.25) is 0 Å². The number of nitrogens with two attached hydrogens (primary N) is 1. The summed E-state index contributed by atoms with van der Waals surface area (Å²) in [6.07, 6.45) is 12.7. The Hall–Kier alpha value is -0.340. The molecule has 2 heteroatoms. The number of unbranched alkanes of at least 4 members (excludes halogenated alkanes) is 3. The van der Waals surface area contributed by atoms with Crippen molar-refractivity contribution in [1.29, 1.82) is 0 Å². The summed E-state index contributed by atoms with van der Waals surface area (Å²) >= 11 is 0. The van der Waals surface area contributed by atoms with Crippen LogP contribution in [-0.2, 0) is 4.74 Å². The van der Waals surface area contributed by atoms with Crippen LogP contribution in [0.5, 0.6) is 0 Å². The molecule has 0 radical (unpaired) electrons. The maximum Gasteiger partial charge on any atom is 0.0829 e. The Kier molecular flexibility index (Phi) is 6.95. The SMILES string of the molecule is C=CCCCCCC(N)C1(OC)CCC(C)CC1. The van der Waals surface area contributed by atoms with Crippen LogP contribution in [0.3, 0.4) is 0 Å². The van der Waals surface area contributed by atoms with E-state index < -0.39 is 0 Å². The predicted octanol–water partition coefficient (Wildman–Crippen LogP) is 4.05. The molecule has 0 spiro atoms. The molecule has 1 aliphatic rings. The van der Waals surface area contributed by atoms with E-state index in [-0.39, 0.29) is 11.6 Å². The zero-order valence-electron chi connectivity index (χ0n) is 12.3. The van der Waals surface area contributed by atoms with E-state index in [0.29, 0.717) is 0 Å². The van der Waals surface area contributed by atoms with Crippen LogP contribution < -0.4 is 5.73 Å². The molecular formula is C16H31NO. The van der Waals surface area contributed by atoms with Crippen molar-refractivity contribution in [3.05, 3.63) is 12.7 Å². The van der Waals surface area contributed by atoms with Gasteiger partial charge in [0.25, 0.3) is 0 Å². The van der Waals surface area contributed by atoms with E-state index in [0.717, 1.165) is 31.6 Å². The maximum absolute atomic E-state index is 6.41. The Morgan fingerprint density at radius 2 is 2.00 bits per heavy atom. The van der Waals surface area contributed by atoms with E-state index in [4.69, 9.17) is 10.5 Å². The second-order valence-electron chi connectivity index (χ2n) is 5.98. The summed E-state index contributed by atoms with van der Waals surface area (Å²) < 4.78 is 5.83. The first-order chi connectivity index (χ1) is 8.64. The third-order valence-electron chi connectivity index (χ3n) is 4.63. The first-order valence-corrected chi connectivity index (χ1v) is 7.56. The highest BCUT2D eigenvalue weighted by atomic mass is 16.5. The number of methoxy groups -OCH3 is 1. The van der Waals surface area contributed by atoms with Gasteiger partial charge in [-0.25, -0.2) is 0 Å². The topological polar surface area (TPSA) is 35.2 Å². The van der Waals surface area contributed by atoms with Gasteiger partial charge in [0.05, 0.1) is 5.60 Å². The smallest absolute Gasteiger partial charge is 0.0829 e. The van der Waals surface area contributed by atoms with Gasteiger partial charge < -0.3 is 10.5 Å². The molecule has 1 atom stereocenters. The second kappa shape index (κ2) is 7.96. The number of hydrogen-bond donors (Lipinski definition) is 1. The van der Waals surface area contributed by atoms with Crippen molar-refractivity contribution >= 4 is 0 Å². The molecule has 0 aromatic carbocycles. The second-order valence-corrected chi connectivity index (χ2v) is 5.98. The minimum absolute atomic E-state index is 0.0368. The molecule has 1 aliphatic carbocycles. The fraction of sp³-hybridized carbons (Fsp3) is 0.875. The molecule has 0 bridgehead atoms. The molecule has 0 heterocycles. The lowest BCUT2D eigenvalue weighted by Gasteiger charge is -2.42. The highest BCUT2D eigenvalue weighted by Crippen LogP contribution is 2.37. The summed E-state index contributed by atoms with van der Waals surface area (Å²) in [5.74, 6) is 0.841. The van der Waals surface area contributed by atoms with E-state index in [2.05, 4.69) is 13.5 Å². The standard InChI is InChI=1S/C16H31NO/c1-4-5-6-7-8-9-15(17)16(18-3)12-10-14(2)11-13-16/h4,14-15H,1,5-13,17H2,2-3H3. The summed E-state index contributed by atoms with van der Waals surface area (Å²) in [6.45, 7) is 6.09. The Balaban J connectivity index is 2.32. The third kappa shape index (κ3) is 4.40. The third-order valence-corrected chi connectivity index (χ3v) is 4.63. The maximum atomic E-state index is 6.41. The first kappa shape index (κ1) is 15.7. The molecule has 2 N–H and O–H groups in total. The van der Waals surface area contributed by atoms with Crippen molar-refractivity contribution in [2.75, 3.05) is 7.11 Å². The van der Waals surface area contributed by atoms with Gasteiger partial charge in [-0.1, -0.05) is 25.8 Å². The van der Waals surface area contributed by atoms with Crippen LogP contribution in [0.1, 0.15) is 64.7 Å². The van der Waals surface area contributed by atoms with Crippen LogP contribution in [0, 0.1) is 5.92 Å². The average molecular weight is 253 g/mol. The van der Waals surface area contributed by atoms with Gasteiger partial charge in [0.15, 0.2) is 0 Å². The largest absolute Gasteiger partial charge is 0.377 e. The van der Waals surface area contributed by atoms with Gasteiger partial charge in [0.1, 0.15) is 0 Å². The van der Waals surface area contributed by atoms with Crippen molar-refractivity contribution in [2.24, 2.45) is 11.7 Å². The molecule has 0 saturated heterocycles. The molecule has 106 valence electrons. The molecule has 0 aromatic rings.